The molecule has 0 unspecified atom stereocenters. The van der Waals surface area contributed by atoms with Gasteiger partial charge in [0, 0.05) is 48.7 Å². The van der Waals surface area contributed by atoms with E-state index in [0.29, 0.717) is 19.0 Å². The highest BCUT2D eigenvalue weighted by Gasteiger charge is 2.24. The molecule has 1 aliphatic carbocycles. The number of carbonyl (C=O) groups is 1. The van der Waals surface area contributed by atoms with E-state index >= 15 is 0 Å². The number of amides is 2. The van der Waals surface area contributed by atoms with E-state index in [1.165, 1.54) is 29.8 Å². The Morgan fingerprint density at radius 2 is 1.83 bits per heavy atom. The minimum absolute atomic E-state index is 0.0460. The quantitative estimate of drug-likeness (QED) is 0.769. The fourth-order valence-corrected chi connectivity index (χ4v) is 4.93. The van der Waals surface area contributed by atoms with Crippen molar-refractivity contribution in [1.82, 2.24) is 19.9 Å². The summed E-state index contributed by atoms with van der Waals surface area (Å²) in [5.41, 5.74) is 2.18. The summed E-state index contributed by atoms with van der Waals surface area (Å²) in [4.78, 5) is 32.1. The molecule has 1 saturated heterocycles. The predicted octanol–water partition coefficient (Wildman–Crippen LogP) is 3.99. The number of piperazine rings is 1. The van der Waals surface area contributed by atoms with Gasteiger partial charge in [-0.25, -0.2) is 19.7 Å². The van der Waals surface area contributed by atoms with Gasteiger partial charge in [0.1, 0.15) is 11.6 Å². The summed E-state index contributed by atoms with van der Waals surface area (Å²) >= 11 is 1.65. The third kappa shape index (κ3) is 4.69. The van der Waals surface area contributed by atoms with Crippen LogP contribution < -0.4 is 10.2 Å². The maximum absolute atomic E-state index is 12.7. The summed E-state index contributed by atoms with van der Waals surface area (Å²) in [6.07, 6.45) is 5.84. The molecule has 0 saturated carbocycles. The molecule has 0 bridgehead atoms. The van der Waals surface area contributed by atoms with Crippen LogP contribution in [-0.2, 0) is 12.8 Å². The Labute approximate surface area is 176 Å². The van der Waals surface area contributed by atoms with Crippen LogP contribution in [-0.4, -0.2) is 52.1 Å². The van der Waals surface area contributed by atoms with Crippen molar-refractivity contribution in [3.05, 3.63) is 28.2 Å². The van der Waals surface area contributed by atoms with E-state index < -0.39 is 0 Å². The summed E-state index contributed by atoms with van der Waals surface area (Å²) in [7, 11) is 0. The van der Waals surface area contributed by atoms with Crippen molar-refractivity contribution < 1.29 is 4.79 Å². The number of carbonyl (C=O) groups excluding carboxylic acids is 1. The number of nitrogens with one attached hydrogen (secondary N) is 1. The van der Waals surface area contributed by atoms with Crippen LogP contribution in [0.2, 0.25) is 0 Å². The molecule has 2 aromatic rings. The third-order valence-corrected chi connectivity index (χ3v) is 6.65. The van der Waals surface area contributed by atoms with E-state index in [9.17, 15) is 4.79 Å². The number of thiazole rings is 1. The van der Waals surface area contributed by atoms with E-state index in [4.69, 9.17) is 4.98 Å². The summed E-state index contributed by atoms with van der Waals surface area (Å²) in [6.45, 7) is 9.13. The van der Waals surface area contributed by atoms with Gasteiger partial charge in [-0.15, -0.1) is 11.3 Å². The molecule has 1 N–H and O–H groups in total. The number of nitrogens with zero attached hydrogens (tertiary/aromatic N) is 5. The smallest absolute Gasteiger partial charge is 0.323 e. The Morgan fingerprint density at radius 1 is 1.07 bits per heavy atom. The summed E-state index contributed by atoms with van der Waals surface area (Å²) in [6, 6.07) is 1.99. The normalized spacial score (nSPS) is 17.2. The van der Waals surface area contributed by atoms with Crippen molar-refractivity contribution in [2.45, 2.75) is 58.8 Å². The maximum atomic E-state index is 12.7. The molecule has 1 fully saturated rings. The molecule has 3 heterocycles. The van der Waals surface area contributed by atoms with Crippen LogP contribution >= 0.6 is 11.3 Å². The van der Waals surface area contributed by atoms with Crippen molar-refractivity contribution in [3.8, 4) is 0 Å². The SMILES string of the molecule is Cc1cc(N2CCN(C(=O)Nc3nc4c(s3)CCCCC4)CC2)nc(C(C)C)n1. The molecule has 2 aliphatic rings. The predicted molar refractivity (Wildman–Crippen MR) is 117 cm³/mol. The minimum Gasteiger partial charge on any atom is -0.353 e. The number of aromatic nitrogens is 3. The van der Waals surface area contributed by atoms with Crippen molar-refractivity contribution in [2.24, 2.45) is 0 Å². The van der Waals surface area contributed by atoms with E-state index in [1.807, 2.05) is 17.9 Å². The Kier molecular flexibility index (Phi) is 5.99. The molecule has 2 amide bonds. The van der Waals surface area contributed by atoms with Crippen molar-refractivity contribution in [1.29, 1.82) is 0 Å². The Morgan fingerprint density at radius 3 is 2.59 bits per heavy atom. The van der Waals surface area contributed by atoms with Gasteiger partial charge in [-0.1, -0.05) is 20.3 Å². The standard InChI is InChI=1S/C21H30N6OS/c1-14(2)19-22-15(3)13-18(24-19)26-9-11-27(12-10-26)21(28)25-20-23-16-7-5-4-6-8-17(16)29-20/h13-14H,4-12H2,1-3H3,(H,23,25,28). The zero-order valence-corrected chi connectivity index (χ0v) is 18.4. The largest absolute Gasteiger partial charge is 0.353 e. The average Bonchev–Trinajstić information content (AvgIpc) is 2.95. The molecule has 4 rings (SSSR count). The first kappa shape index (κ1) is 20.1. The Hall–Kier alpha value is -2.22. The van der Waals surface area contributed by atoms with Crippen LogP contribution in [0, 0.1) is 6.92 Å². The van der Waals surface area contributed by atoms with Gasteiger partial charge in [0.2, 0.25) is 0 Å². The second kappa shape index (κ2) is 8.65. The number of hydrogen-bond donors (Lipinski definition) is 1. The van der Waals surface area contributed by atoms with E-state index in [1.54, 1.807) is 11.3 Å². The van der Waals surface area contributed by atoms with Crippen LogP contribution in [0.25, 0.3) is 0 Å². The molecule has 8 heteroatoms. The first-order valence-corrected chi connectivity index (χ1v) is 11.5. The van der Waals surface area contributed by atoms with E-state index in [-0.39, 0.29) is 6.03 Å². The molecule has 0 spiro atoms. The highest BCUT2D eigenvalue weighted by molar-refractivity contribution is 7.15. The molecule has 0 radical (unpaired) electrons. The first-order valence-electron chi connectivity index (χ1n) is 10.6. The molecular formula is C21H30N6OS. The molecule has 0 aromatic carbocycles. The number of urea groups is 1. The lowest BCUT2D eigenvalue weighted by molar-refractivity contribution is 0.208. The Balaban J connectivity index is 1.35. The summed E-state index contributed by atoms with van der Waals surface area (Å²) in [5, 5.41) is 3.77. The maximum Gasteiger partial charge on any atom is 0.323 e. The average molecular weight is 415 g/mol. The van der Waals surface area contributed by atoms with Crippen molar-refractivity contribution >= 4 is 28.3 Å². The first-order chi connectivity index (χ1) is 14.0. The lowest BCUT2D eigenvalue weighted by atomic mass is 10.2. The number of fused-ring (bicyclic) bond motifs is 1. The topological polar surface area (TPSA) is 74.2 Å². The fourth-order valence-electron chi connectivity index (χ4n) is 3.89. The van der Waals surface area contributed by atoms with E-state index in [0.717, 1.165) is 48.4 Å². The van der Waals surface area contributed by atoms with E-state index in [2.05, 4.69) is 34.0 Å². The molecule has 2 aromatic heterocycles. The number of rotatable bonds is 3. The monoisotopic (exact) mass is 414 g/mol. The second-order valence-electron chi connectivity index (χ2n) is 8.23. The van der Waals surface area contributed by atoms with Gasteiger partial charge in [0.15, 0.2) is 5.13 Å². The van der Waals surface area contributed by atoms with Gasteiger partial charge in [-0.3, -0.25) is 5.32 Å². The van der Waals surface area contributed by atoms with Crippen LogP contribution in [0.15, 0.2) is 6.07 Å². The molecule has 1 aliphatic heterocycles. The summed E-state index contributed by atoms with van der Waals surface area (Å²) < 4.78 is 0. The highest BCUT2D eigenvalue weighted by Crippen LogP contribution is 2.29. The lowest BCUT2D eigenvalue weighted by Crippen LogP contribution is -2.50. The van der Waals surface area contributed by atoms with Gasteiger partial charge in [-0.2, -0.15) is 0 Å². The molecule has 29 heavy (non-hydrogen) atoms. The van der Waals surface area contributed by atoms with Crippen LogP contribution in [0.5, 0.6) is 0 Å². The summed E-state index contributed by atoms with van der Waals surface area (Å²) in [5.74, 6) is 2.14. The fraction of sp³-hybridized carbons (Fsp3) is 0.619. The minimum atomic E-state index is -0.0460. The zero-order valence-electron chi connectivity index (χ0n) is 17.6. The van der Waals surface area contributed by atoms with Crippen molar-refractivity contribution in [2.75, 3.05) is 36.4 Å². The Bertz CT molecular complexity index is 849. The zero-order chi connectivity index (χ0) is 20.4. The van der Waals surface area contributed by atoms with Crippen LogP contribution in [0.4, 0.5) is 15.7 Å². The highest BCUT2D eigenvalue weighted by atomic mass is 32.1. The molecule has 0 atom stereocenters. The van der Waals surface area contributed by atoms with Gasteiger partial charge < -0.3 is 9.80 Å². The van der Waals surface area contributed by atoms with Gasteiger partial charge >= 0.3 is 6.03 Å². The third-order valence-electron chi connectivity index (χ3n) is 5.57. The second-order valence-corrected chi connectivity index (χ2v) is 9.32. The lowest BCUT2D eigenvalue weighted by Gasteiger charge is -2.35. The van der Waals surface area contributed by atoms with Crippen LogP contribution in [0.1, 0.15) is 61.1 Å². The number of aryl methyl sites for hydroxylation is 3. The molecule has 7 nitrogen and oxygen atoms in total. The number of anilines is 2. The molecule has 156 valence electrons. The number of hydrogen-bond acceptors (Lipinski definition) is 6. The van der Waals surface area contributed by atoms with Crippen LogP contribution in [0.3, 0.4) is 0 Å². The van der Waals surface area contributed by atoms with Gasteiger partial charge in [0.25, 0.3) is 0 Å². The van der Waals surface area contributed by atoms with Gasteiger partial charge in [0.05, 0.1) is 5.69 Å². The van der Waals surface area contributed by atoms with Crippen molar-refractivity contribution in [3.63, 3.8) is 0 Å². The van der Waals surface area contributed by atoms with Gasteiger partial charge in [-0.05, 0) is 32.6 Å². The molecular weight excluding hydrogens is 384 g/mol.